The van der Waals surface area contributed by atoms with Gasteiger partial charge in [-0.3, -0.25) is 4.79 Å². The van der Waals surface area contributed by atoms with Gasteiger partial charge in [-0.2, -0.15) is 0 Å². The highest BCUT2D eigenvalue weighted by Gasteiger charge is 2.12. The molecule has 7 nitrogen and oxygen atoms in total. The van der Waals surface area contributed by atoms with Gasteiger partial charge in [0.15, 0.2) is 0 Å². The predicted molar refractivity (Wildman–Crippen MR) is 96.3 cm³/mol. The Kier molecular flexibility index (Phi) is 6.79. The Morgan fingerprint density at radius 1 is 1.00 bits per heavy atom. The summed E-state index contributed by atoms with van der Waals surface area (Å²) in [4.78, 5) is 24.4. The molecule has 0 radical (unpaired) electrons. The maximum absolute atomic E-state index is 12.2. The van der Waals surface area contributed by atoms with E-state index in [1.54, 1.807) is 62.8 Å². The minimum atomic E-state index is -0.453. The van der Waals surface area contributed by atoms with E-state index < -0.39 is 6.03 Å². The van der Waals surface area contributed by atoms with Gasteiger partial charge in [0.25, 0.3) is 5.91 Å². The quantitative estimate of drug-likeness (QED) is 0.675. The van der Waals surface area contributed by atoms with Gasteiger partial charge in [0.1, 0.15) is 5.75 Å². The summed E-state index contributed by atoms with van der Waals surface area (Å²) in [6.45, 7) is 0.803. The molecule has 0 aromatic heterocycles. The Morgan fingerprint density at radius 3 is 2.56 bits per heavy atom. The Bertz CT molecular complexity index is 734. The molecule has 2 rings (SSSR count). The standard InChI is InChI=1S/C18H21N3O4/c1-24-11-10-19-17(22)15-8-3-4-9-16(15)21-18(23)20-13-6-5-7-14(12-13)25-2/h3-9,12H,10-11H2,1-2H3,(H,19,22)(H2,20,21,23). The third-order valence-corrected chi connectivity index (χ3v) is 3.34. The second-order valence-electron chi connectivity index (χ2n) is 5.11. The fourth-order valence-corrected chi connectivity index (χ4v) is 2.14. The molecule has 0 aliphatic rings. The van der Waals surface area contributed by atoms with E-state index in [2.05, 4.69) is 16.0 Å². The van der Waals surface area contributed by atoms with E-state index in [-0.39, 0.29) is 5.91 Å². The van der Waals surface area contributed by atoms with Crippen molar-refractivity contribution in [2.24, 2.45) is 0 Å². The number of hydrogen-bond acceptors (Lipinski definition) is 4. The number of methoxy groups -OCH3 is 2. The van der Waals surface area contributed by atoms with E-state index in [1.165, 1.54) is 0 Å². The van der Waals surface area contributed by atoms with Crippen molar-refractivity contribution in [1.82, 2.24) is 5.32 Å². The molecular weight excluding hydrogens is 322 g/mol. The van der Waals surface area contributed by atoms with Crippen molar-refractivity contribution in [3.63, 3.8) is 0 Å². The van der Waals surface area contributed by atoms with Crippen molar-refractivity contribution in [3.8, 4) is 5.75 Å². The molecule has 2 aromatic carbocycles. The van der Waals surface area contributed by atoms with Crippen LogP contribution < -0.4 is 20.7 Å². The highest BCUT2D eigenvalue weighted by atomic mass is 16.5. The Hall–Kier alpha value is -3.06. The molecule has 0 unspecified atom stereocenters. The molecular formula is C18H21N3O4. The molecule has 0 bridgehead atoms. The number of carbonyl (C=O) groups excluding carboxylic acids is 2. The van der Waals surface area contributed by atoms with Crippen LogP contribution in [0.15, 0.2) is 48.5 Å². The number of para-hydroxylation sites is 1. The van der Waals surface area contributed by atoms with Crippen LogP contribution in [0.25, 0.3) is 0 Å². The molecule has 0 saturated carbocycles. The average molecular weight is 343 g/mol. The van der Waals surface area contributed by atoms with Crippen LogP contribution in [0.2, 0.25) is 0 Å². The van der Waals surface area contributed by atoms with E-state index in [4.69, 9.17) is 9.47 Å². The van der Waals surface area contributed by atoms with Crippen LogP contribution in [0.5, 0.6) is 5.75 Å². The zero-order valence-corrected chi connectivity index (χ0v) is 14.2. The van der Waals surface area contributed by atoms with Crippen LogP contribution in [0.1, 0.15) is 10.4 Å². The maximum atomic E-state index is 12.2. The van der Waals surface area contributed by atoms with Gasteiger partial charge in [-0.1, -0.05) is 18.2 Å². The molecule has 0 aliphatic heterocycles. The van der Waals surface area contributed by atoms with Gasteiger partial charge in [0.2, 0.25) is 0 Å². The highest BCUT2D eigenvalue weighted by Crippen LogP contribution is 2.18. The van der Waals surface area contributed by atoms with Crippen molar-refractivity contribution >= 4 is 23.3 Å². The van der Waals surface area contributed by atoms with Crippen LogP contribution in [0, 0.1) is 0 Å². The van der Waals surface area contributed by atoms with Crippen molar-refractivity contribution in [2.75, 3.05) is 38.0 Å². The fourth-order valence-electron chi connectivity index (χ4n) is 2.14. The number of benzene rings is 2. The molecule has 25 heavy (non-hydrogen) atoms. The Labute approximate surface area is 146 Å². The molecule has 0 spiro atoms. The van der Waals surface area contributed by atoms with Crippen molar-refractivity contribution < 1.29 is 19.1 Å². The highest BCUT2D eigenvalue weighted by molar-refractivity contribution is 6.06. The fraction of sp³-hybridized carbons (Fsp3) is 0.222. The summed E-state index contributed by atoms with van der Waals surface area (Å²) in [7, 11) is 3.11. The van der Waals surface area contributed by atoms with E-state index in [1.807, 2.05) is 0 Å². The summed E-state index contributed by atoms with van der Waals surface area (Å²) in [5.74, 6) is 0.352. The normalized spacial score (nSPS) is 10.0. The van der Waals surface area contributed by atoms with Crippen molar-refractivity contribution in [3.05, 3.63) is 54.1 Å². The van der Waals surface area contributed by atoms with Crippen molar-refractivity contribution in [2.45, 2.75) is 0 Å². The van der Waals surface area contributed by atoms with Crippen LogP contribution in [0.3, 0.4) is 0 Å². The molecule has 0 atom stereocenters. The zero-order chi connectivity index (χ0) is 18.1. The molecule has 0 heterocycles. The largest absolute Gasteiger partial charge is 0.497 e. The van der Waals surface area contributed by atoms with Crippen LogP contribution >= 0.6 is 0 Å². The van der Waals surface area contributed by atoms with E-state index >= 15 is 0 Å². The number of amides is 3. The third kappa shape index (κ3) is 5.50. The number of hydrogen-bond donors (Lipinski definition) is 3. The summed E-state index contributed by atoms with van der Waals surface area (Å²) in [5, 5.41) is 8.11. The van der Waals surface area contributed by atoms with Crippen molar-refractivity contribution in [1.29, 1.82) is 0 Å². The Morgan fingerprint density at radius 2 is 1.80 bits per heavy atom. The maximum Gasteiger partial charge on any atom is 0.323 e. The molecule has 3 amide bonds. The Balaban J connectivity index is 2.04. The number of ether oxygens (including phenoxy) is 2. The van der Waals surface area contributed by atoms with Crippen LogP contribution in [-0.2, 0) is 4.74 Å². The zero-order valence-electron chi connectivity index (χ0n) is 14.2. The molecule has 7 heteroatoms. The molecule has 0 saturated heterocycles. The first-order valence-corrected chi connectivity index (χ1v) is 7.72. The van der Waals surface area contributed by atoms with E-state index in [9.17, 15) is 9.59 Å². The minimum Gasteiger partial charge on any atom is -0.497 e. The number of carbonyl (C=O) groups is 2. The van der Waals surface area contributed by atoms with Crippen LogP contribution in [0.4, 0.5) is 16.2 Å². The second-order valence-corrected chi connectivity index (χ2v) is 5.11. The summed E-state index contributed by atoms with van der Waals surface area (Å²) in [6, 6.07) is 13.3. The van der Waals surface area contributed by atoms with Gasteiger partial charge in [-0.15, -0.1) is 0 Å². The monoisotopic (exact) mass is 343 g/mol. The summed E-state index contributed by atoms with van der Waals surface area (Å²) < 4.78 is 10.0. The van der Waals surface area contributed by atoms with Gasteiger partial charge in [0, 0.05) is 25.4 Å². The molecule has 0 fully saturated rings. The molecule has 132 valence electrons. The topological polar surface area (TPSA) is 88.7 Å². The number of nitrogens with one attached hydrogen (secondary N) is 3. The smallest absolute Gasteiger partial charge is 0.323 e. The van der Waals surface area contributed by atoms with E-state index in [0.29, 0.717) is 35.8 Å². The first-order valence-electron chi connectivity index (χ1n) is 7.72. The molecule has 2 aromatic rings. The predicted octanol–water partition coefficient (Wildman–Crippen LogP) is 2.72. The minimum absolute atomic E-state index is 0.283. The SMILES string of the molecule is COCCNC(=O)c1ccccc1NC(=O)Nc1cccc(OC)c1. The molecule has 0 aliphatic carbocycles. The molecule has 3 N–H and O–H groups in total. The van der Waals surface area contributed by atoms with Gasteiger partial charge < -0.3 is 25.4 Å². The lowest BCUT2D eigenvalue weighted by molar-refractivity contribution is 0.0938. The summed E-state index contributed by atoms with van der Waals surface area (Å²) in [5.41, 5.74) is 1.37. The number of rotatable bonds is 7. The first kappa shape index (κ1) is 18.3. The lowest BCUT2D eigenvalue weighted by atomic mass is 10.1. The summed E-state index contributed by atoms with van der Waals surface area (Å²) >= 11 is 0. The summed E-state index contributed by atoms with van der Waals surface area (Å²) in [6.07, 6.45) is 0. The van der Waals surface area contributed by atoms with Gasteiger partial charge >= 0.3 is 6.03 Å². The third-order valence-electron chi connectivity index (χ3n) is 3.34. The van der Waals surface area contributed by atoms with Gasteiger partial charge in [-0.05, 0) is 24.3 Å². The lowest BCUT2D eigenvalue weighted by Crippen LogP contribution is -2.28. The number of anilines is 2. The lowest BCUT2D eigenvalue weighted by Gasteiger charge is -2.12. The van der Waals surface area contributed by atoms with Crippen LogP contribution in [-0.4, -0.2) is 39.3 Å². The second kappa shape index (κ2) is 9.29. The van der Waals surface area contributed by atoms with Gasteiger partial charge in [-0.25, -0.2) is 4.79 Å². The number of urea groups is 1. The van der Waals surface area contributed by atoms with E-state index in [0.717, 1.165) is 0 Å². The van der Waals surface area contributed by atoms with Gasteiger partial charge in [0.05, 0.1) is 25.0 Å². The first-order chi connectivity index (χ1) is 12.1. The average Bonchev–Trinajstić information content (AvgIpc) is 2.62.